The van der Waals surface area contributed by atoms with E-state index in [1.165, 1.54) is 0 Å². The van der Waals surface area contributed by atoms with Crippen molar-refractivity contribution in [2.24, 2.45) is 5.92 Å². The molecule has 2 rings (SSSR count). The maximum atomic E-state index is 12.8. The standard InChI is InChI=1S/C14H15BrFNO5S/c15-11-3-1-2-9(4-11)5-12(14(19)20)17-7-10(6-13(17)18)8-23(16,21)22/h1-4,10,12H,5-8H2,(H,19,20). The minimum Gasteiger partial charge on any atom is -0.480 e. The molecule has 1 amide bonds. The summed E-state index contributed by atoms with van der Waals surface area (Å²) in [5, 5.41) is 9.40. The molecule has 1 aromatic rings. The lowest BCUT2D eigenvalue weighted by atomic mass is 10.0. The van der Waals surface area contributed by atoms with E-state index in [4.69, 9.17) is 0 Å². The van der Waals surface area contributed by atoms with Crippen LogP contribution in [-0.2, 0) is 26.2 Å². The normalized spacial score (nSPS) is 19.8. The lowest BCUT2D eigenvalue weighted by Gasteiger charge is -2.24. The SMILES string of the molecule is O=C(O)C(Cc1cccc(Br)c1)N1CC(CS(=O)(=O)F)CC1=O. The van der Waals surface area contributed by atoms with Crippen LogP contribution in [0.5, 0.6) is 0 Å². The zero-order chi connectivity index (χ0) is 17.2. The largest absolute Gasteiger partial charge is 0.480 e. The fourth-order valence-electron chi connectivity index (χ4n) is 2.72. The molecule has 6 nitrogen and oxygen atoms in total. The molecule has 1 aliphatic heterocycles. The Labute approximate surface area is 141 Å². The minimum atomic E-state index is -4.70. The van der Waals surface area contributed by atoms with Gasteiger partial charge in [0.05, 0.1) is 5.75 Å². The van der Waals surface area contributed by atoms with E-state index in [2.05, 4.69) is 15.9 Å². The van der Waals surface area contributed by atoms with Crippen LogP contribution in [0, 0.1) is 5.92 Å². The molecule has 0 aromatic heterocycles. The van der Waals surface area contributed by atoms with Crippen molar-refractivity contribution in [2.75, 3.05) is 12.3 Å². The van der Waals surface area contributed by atoms with Crippen LogP contribution in [-0.4, -0.2) is 48.6 Å². The summed E-state index contributed by atoms with van der Waals surface area (Å²) in [6.45, 7) is -0.0764. The Morgan fingerprint density at radius 1 is 1.48 bits per heavy atom. The number of rotatable bonds is 6. The number of carbonyl (C=O) groups excluding carboxylic acids is 1. The predicted octanol–water partition coefficient (Wildman–Crippen LogP) is 1.59. The van der Waals surface area contributed by atoms with Crippen molar-refractivity contribution in [3.05, 3.63) is 34.3 Å². The summed E-state index contributed by atoms with van der Waals surface area (Å²) < 4.78 is 35.0. The molecule has 9 heteroatoms. The molecule has 2 atom stereocenters. The summed E-state index contributed by atoms with van der Waals surface area (Å²) in [7, 11) is -4.70. The topological polar surface area (TPSA) is 91.8 Å². The number of carbonyl (C=O) groups is 2. The Morgan fingerprint density at radius 2 is 2.17 bits per heavy atom. The third-order valence-corrected chi connectivity index (χ3v) is 5.02. The van der Waals surface area contributed by atoms with E-state index in [0.717, 1.165) is 14.9 Å². The van der Waals surface area contributed by atoms with Crippen molar-refractivity contribution >= 4 is 38.0 Å². The van der Waals surface area contributed by atoms with E-state index in [-0.39, 0.29) is 19.4 Å². The summed E-state index contributed by atoms with van der Waals surface area (Å²) in [6, 6.07) is 5.93. The molecule has 1 aromatic carbocycles. The third-order valence-electron chi connectivity index (χ3n) is 3.65. The number of carboxylic acid groups (broad SMARTS) is 1. The van der Waals surface area contributed by atoms with Gasteiger partial charge in [0, 0.05) is 29.8 Å². The number of carboxylic acids is 1. The fraction of sp³-hybridized carbons (Fsp3) is 0.429. The highest BCUT2D eigenvalue weighted by Crippen LogP contribution is 2.24. The first-order valence-corrected chi connectivity index (χ1v) is 9.19. The van der Waals surface area contributed by atoms with Gasteiger partial charge in [-0.1, -0.05) is 28.1 Å². The number of hydrogen-bond donors (Lipinski definition) is 1. The molecule has 1 N–H and O–H groups in total. The van der Waals surface area contributed by atoms with Crippen LogP contribution in [0.25, 0.3) is 0 Å². The summed E-state index contributed by atoms with van der Waals surface area (Å²) in [4.78, 5) is 24.6. The van der Waals surface area contributed by atoms with Gasteiger partial charge in [-0.25, -0.2) is 4.79 Å². The van der Waals surface area contributed by atoms with Crippen LogP contribution < -0.4 is 0 Å². The van der Waals surface area contributed by atoms with Crippen LogP contribution in [0.15, 0.2) is 28.7 Å². The van der Waals surface area contributed by atoms with Gasteiger partial charge in [-0.15, -0.1) is 3.89 Å². The number of amides is 1. The first-order chi connectivity index (χ1) is 10.7. The molecular weight excluding hydrogens is 393 g/mol. The molecule has 0 aliphatic carbocycles. The van der Waals surface area contributed by atoms with Gasteiger partial charge < -0.3 is 10.0 Å². The van der Waals surface area contributed by atoms with Gasteiger partial charge in [0.1, 0.15) is 6.04 Å². The molecule has 0 bridgehead atoms. The lowest BCUT2D eigenvalue weighted by molar-refractivity contribution is -0.148. The van der Waals surface area contributed by atoms with Crippen molar-refractivity contribution in [3.8, 4) is 0 Å². The molecule has 23 heavy (non-hydrogen) atoms. The predicted molar refractivity (Wildman–Crippen MR) is 84.0 cm³/mol. The Kier molecular flexibility index (Phi) is 5.41. The van der Waals surface area contributed by atoms with Gasteiger partial charge in [-0.05, 0) is 17.7 Å². The number of halogens is 2. The second-order valence-electron chi connectivity index (χ2n) is 5.51. The van der Waals surface area contributed by atoms with Gasteiger partial charge in [-0.2, -0.15) is 8.42 Å². The van der Waals surface area contributed by atoms with Crippen LogP contribution in [0.2, 0.25) is 0 Å². The van der Waals surface area contributed by atoms with Gasteiger partial charge in [0.2, 0.25) is 5.91 Å². The summed E-state index contributed by atoms with van der Waals surface area (Å²) in [6.07, 6.45) is -0.0684. The number of nitrogens with zero attached hydrogens (tertiary/aromatic N) is 1. The Balaban J connectivity index is 2.15. The summed E-state index contributed by atoms with van der Waals surface area (Å²) in [5.41, 5.74) is 0.723. The van der Waals surface area contributed by atoms with Crippen LogP contribution >= 0.6 is 15.9 Å². The highest BCUT2D eigenvalue weighted by molar-refractivity contribution is 9.10. The van der Waals surface area contributed by atoms with E-state index in [9.17, 15) is 27.0 Å². The van der Waals surface area contributed by atoms with Crippen LogP contribution in [0.4, 0.5) is 3.89 Å². The zero-order valence-electron chi connectivity index (χ0n) is 12.0. The zero-order valence-corrected chi connectivity index (χ0v) is 14.4. The molecule has 1 saturated heterocycles. The number of aliphatic carboxylic acids is 1. The van der Waals surface area contributed by atoms with E-state index >= 15 is 0 Å². The average molecular weight is 408 g/mol. The molecule has 0 saturated carbocycles. The van der Waals surface area contributed by atoms with Gasteiger partial charge in [0.15, 0.2) is 0 Å². The maximum Gasteiger partial charge on any atom is 0.326 e. The van der Waals surface area contributed by atoms with Crippen molar-refractivity contribution in [1.82, 2.24) is 4.90 Å². The quantitative estimate of drug-likeness (QED) is 0.722. The van der Waals surface area contributed by atoms with Crippen molar-refractivity contribution in [3.63, 3.8) is 0 Å². The van der Waals surface area contributed by atoms with Crippen molar-refractivity contribution in [1.29, 1.82) is 0 Å². The third kappa shape index (κ3) is 5.00. The Bertz CT molecular complexity index is 724. The molecule has 1 aliphatic rings. The van der Waals surface area contributed by atoms with E-state index in [1.54, 1.807) is 24.3 Å². The molecule has 2 unspecified atom stereocenters. The lowest BCUT2D eigenvalue weighted by Crippen LogP contribution is -2.43. The number of benzene rings is 1. The van der Waals surface area contributed by atoms with Crippen LogP contribution in [0.1, 0.15) is 12.0 Å². The molecule has 126 valence electrons. The first-order valence-electron chi connectivity index (χ1n) is 6.85. The molecule has 1 heterocycles. The monoisotopic (exact) mass is 407 g/mol. The fourth-order valence-corrected chi connectivity index (χ4v) is 3.95. The molecular formula is C14H15BrFNO5S. The number of likely N-dealkylation sites (tertiary alicyclic amines) is 1. The van der Waals surface area contributed by atoms with Gasteiger partial charge >= 0.3 is 16.2 Å². The van der Waals surface area contributed by atoms with E-state index in [1.807, 2.05) is 0 Å². The Morgan fingerprint density at radius 3 is 2.74 bits per heavy atom. The Hall–Kier alpha value is -1.48. The highest BCUT2D eigenvalue weighted by atomic mass is 79.9. The smallest absolute Gasteiger partial charge is 0.326 e. The summed E-state index contributed by atoms with van der Waals surface area (Å²) >= 11 is 3.29. The highest BCUT2D eigenvalue weighted by Gasteiger charge is 2.39. The molecule has 0 spiro atoms. The number of hydrogen-bond acceptors (Lipinski definition) is 4. The second kappa shape index (κ2) is 6.96. The van der Waals surface area contributed by atoms with Crippen molar-refractivity contribution in [2.45, 2.75) is 18.9 Å². The minimum absolute atomic E-state index is 0.0764. The molecule has 1 fully saturated rings. The average Bonchev–Trinajstić information content (AvgIpc) is 2.74. The van der Waals surface area contributed by atoms with Crippen LogP contribution in [0.3, 0.4) is 0 Å². The summed E-state index contributed by atoms with van der Waals surface area (Å²) in [5.74, 6) is -3.14. The van der Waals surface area contributed by atoms with Gasteiger partial charge in [-0.3, -0.25) is 4.79 Å². The second-order valence-corrected chi connectivity index (χ2v) is 7.84. The van der Waals surface area contributed by atoms with Crippen molar-refractivity contribution < 1.29 is 27.0 Å². The molecule has 0 radical (unpaired) electrons. The van der Waals surface area contributed by atoms with E-state index in [0.29, 0.717) is 0 Å². The first kappa shape index (κ1) is 17.9. The van der Waals surface area contributed by atoms with Gasteiger partial charge in [0.25, 0.3) is 0 Å². The maximum absolute atomic E-state index is 12.8. The van der Waals surface area contributed by atoms with E-state index < -0.39 is 39.8 Å².